The number of nitrogens with one attached hydrogen (secondary N) is 1. The van der Waals surface area contributed by atoms with E-state index in [-0.39, 0.29) is 0 Å². The summed E-state index contributed by atoms with van der Waals surface area (Å²) in [5, 5.41) is 3.69. The van der Waals surface area contributed by atoms with Gasteiger partial charge in [0.25, 0.3) is 0 Å². The maximum atomic E-state index is 11.6. The Morgan fingerprint density at radius 2 is 2.06 bits per heavy atom. The first-order valence-electron chi connectivity index (χ1n) is 7.45. The van der Waals surface area contributed by atoms with E-state index in [1.165, 1.54) is 32.5 Å². The molecule has 4 heteroatoms. The molecule has 0 aromatic heterocycles. The lowest BCUT2D eigenvalue weighted by molar-refractivity contribution is -0.128. The van der Waals surface area contributed by atoms with Crippen LogP contribution in [0.3, 0.4) is 0 Å². The molecule has 4 nitrogen and oxygen atoms in total. The second-order valence-electron chi connectivity index (χ2n) is 5.72. The Kier molecular flexibility index (Phi) is 5.01. The van der Waals surface area contributed by atoms with Crippen LogP contribution in [-0.2, 0) is 4.79 Å². The summed E-state index contributed by atoms with van der Waals surface area (Å²) in [6.07, 6.45) is 4.28. The summed E-state index contributed by atoms with van der Waals surface area (Å²) in [5.74, 6) is 0.337. The number of carbonyl (C=O) groups is 1. The number of likely N-dealkylation sites (tertiary alicyclic amines) is 2. The van der Waals surface area contributed by atoms with Crippen molar-refractivity contribution < 1.29 is 4.79 Å². The van der Waals surface area contributed by atoms with Crippen LogP contribution in [0.4, 0.5) is 0 Å². The van der Waals surface area contributed by atoms with Gasteiger partial charge >= 0.3 is 0 Å². The van der Waals surface area contributed by atoms with Crippen molar-refractivity contribution in [2.24, 2.45) is 0 Å². The van der Waals surface area contributed by atoms with E-state index in [0.29, 0.717) is 18.0 Å². The third-order valence-corrected chi connectivity index (χ3v) is 4.22. The van der Waals surface area contributed by atoms with E-state index in [1.807, 2.05) is 4.90 Å². The highest BCUT2D eigenvalue weighted by Gasteiger charge is 2.24. The molecular weight excluding hydrogens is 226 g/mol. The monoisotopic (exact) mass is 253 g/mol. The topological polar surface area (TPSA) is 35.6 Å². The van der Waals surface area contributed by atoms with E-state index in [4.69, 9.17) is 0 Å². The summed E-state index contributed by atoms with van der Waals surface area (Å²) in [4.78, 5) is 16.1. The van der Waals surface area contributed by atoms with E-state index in [2.05, 4.69) is 24.1 Å². The Bertz CT molecular complexity index is 274. The molecule has 1 unspecified atom stereocenters. The molecular formula is C14H27N3O. The molecule has 0 radical (unpaired) electrons. The van der Waals surface area contributed by atoms with Crippen molar-refractivity contribution in [3.63, 3.8) is 0 Å². The van der Waals surface area contributed by atoms with Gasteiger partial charge in [-0.1, -0.05) is 6.92 Å². The van der Waals surface area contributed by atoms with E-state index in [1.54, 1.807) is 0 Å². The van der Waals surface area contributed by atoms with Gasteiger partial charge in [0.2, 0.25) is 5.91 Å². The van der Waals surface area contributed by atoms with Gasteiger partial charge in [-0.15, -0.1) is 0 Å². The average molecular weight is 253 g/mol. The molecule has 1 N–H and O–H groups in total. The van der Waals surface area contributed by atoms with Crippen LogP contribution in [0.5, 0.6) is 0 Å². The van der Waals surface area contributed by atoms with Gasteiger partial charge in [-0.05, 0) is 45.8 Å². The molecule has 2 aliphatic rings. The molecule has 2 saturated heterocycles. The van der Waals surface area contributed by atoms with Crippen molar-refractivity contribution in [1.29, 1.82) is 0 Å². The SMILES string of the molecule is CCN1CCC(NC(C)CN2CCCC2=O)CC1. The number of amides is 1. The van der Waals surface area contributed by atoms with Crippen LogP contribution in [0.2, 0.25) is 0 Å². The van der Waals surface area contributed by atoms with Crippen LogP contribution in [-0.4, -0.2) is 60.5 Å². The fraction of sp³-hybridized carbons (Fsp3) is 0.929. The molecule has 0 bridgehead atoms. The normalized spacial score (nSPS) is 24.8. The Morgan fingerprint density at radius 1 is 1.33 bits per heavy atom. The lowest BCUT2D eigenvalue weighted by Crippen LogP contribution is -2.48. The standard InChI is InChI=1S/C14H27N3O/c1-3-16-9-6-13(7-10-16)15-12(2)11-17-8-4-5-14(17)18/h12-13,15H,3-11H2,1-2H3. The number of nitrogens with zero attached hydrogens (tertiary/aromatic N) is 2. The Labute approximate surface area is 111 Å². The first-order valence-corrected chi connectivity index (χ1v) is 7.45. The molecule has 0 aromatic carbocycles. The summed E-state index contributed by atoms with van der Waals surface area (Å²) < 4.78 is 0. The van der Waals surface area contributed by atoms with Gasteiger partial charge in [-0.2, -0.15) is 0 Å². The third-order valence-electron chi connectivity index (χ3n) is 4.22. The van der Waals surface area contributed by atoms with E-state index in [9.17, 15) is 4.79 Å². The lowest BCUT2D eigenvalue weighted by Gasteiger charge is -2.34. The second-order valence-corrected chi connectivity index (χ2v) is 5.72. The zero-order chi connectivity index (χ0) is 13.0. The summed E-state index contributed by atoms with van der Waals surface area (Å²) in [6, 6.07) is 1.06. The highest BCUT2D eigenvalue weighted by molar-refractivity contribution is 5.78. The highest BCUT2D eigenvalue weighted by Crippen LogP contribution is 2.13. The average Bonchev–Trinajstić information content (AvgIpc) is 2.76. The van der Waals surface area contributed by atoms with Crippen molar-refractivity contribution in [3.05, 3.63) is 0 Å². The van der Waals surface area contributed by atoms with Gasteiger partial charge in [0.05, 0.1) is 0 Å². The van der Waals surface area contributed by atoms with Gasteiger partial charge < -0.3 is 15.1 Å². The molecule has 2 aliphatic heterocycles. The summed E-state index contributed by atoms with van der Waals surface area (Å²) >= 11 is 0. The smallest absolute Gasteiger partial charge is 0.222 e. The quantitative estimate of drug-likeness (QED) is 0.796. The molecule has 0 spiro atoms. The largest absolute Gasteiger partial charge is 0.341 e. The molecule has 2 fully saturated rings. The molecule has 1 atom stereocenters. The minimum Gasteiger partial charge on any atom is -0.341 e. The Morgan fingerprint density at radius 3 is 2.61 bits per heavy atom. The van der Waals surface area contributed by atoms with E-state index < -0.39 is 0 Å². The molecule has 0 aromatic rings. The summed E-state index contributed by atoms with van der Waals surface area (Å²) in [7, 11) is 0. The number of carbonyl (C=O) groups excluding carboxylic acids is 1. The lowest BCUT2D eigenvalue weighted by atomic mass is 10.0. The molecule has 2 heterocycles. The van der Waals surface area contributed by atoms with Gasteiger partial charge in [-0.25, -0.2) is 0 Å². The number of rotatable bonds is 5. The molecule has 0 saturated carbocycles. The zero-order valence-electron chi connectivity index (χ0n) is 11.8. The Hall–Kier alpha value is -0.610. The van der Waals surface area contributed by atoms with E-state index >= 15 is 0 Å². The highest BCUT2D eigenvalue weighted by atomic mass is 16.2. The zero-order valence-corrected chi connectivity index (χ0v) is 11.8. The van der Waals surface area contributed by atoms with Gasteiger partial charge in [0, 0.05) is 31.6 Å². The van der Waals surface area contributed by atoms with Crippen molar-refractivity contribution in [2.75, 3.05) is 32.7 Å². The van der Waals surface area contributed by atoms with Crippen LogP contribution in [0.25, 0.3) is 0 Å². The predicted octanol–water partition coefficient (Wildman–Crippen LogP) is 1.07. The van der Waals surface area contributed by atoms with Crippen LogP contribution >= 0.6 is 0 Å². The fourth-order valence-corrected chi connectivity index (χ4v) is 3.10. The van der Waals surface area contributed by atoms with Crippen molar-refractivity contribution >= 4 is 5.91 Å². The second kappa shape index (κ2) is 6.53. The molecule has 2 rings (SSSR count). The number of hydrogen-bond donors (Lipinski definition) is 1. The predicted molar refractivity (Wildman–Crippen MR) is 73.5 cm³/mol. The maximum absolute atomic E-state index is 11.6. The molecule has 0 aliphatic carbocycles. The van der Waals surface area contributed by atoms with Gasteiger partial charge in [0.1, 0.15) is 0 Å². The minimum atomic E-state index is 0.337. The molecule has 104 valence electrons. The van der Waals surface area contributed by atoms with Crippen LogP contribution in [0.1, 0.15) is 39.5 Å². The van der Waals surface area contributed by atoms with Crippen molar-refractivity contribution in [2.45, 2.75) is 51.6 Å². The maximum Gasteiger partial charge on any atom is 0.222 e. The first-order chi connectivity index (χ1) is 8.69. The minimum absolute atomic E-state index is 0.337. The van der Waals surface area contributed by atoms with Crippen LogP contribution < -0.4 is 5.32 Å². The first kappa shape index (κ1) is 13.8. The van der Waals surface area contributed by atoms with Crippen molar-refractivity contribution in [3.8, 4) is 0 Å². The van der Waals surface area contributed by atoms with Crippen molar-refractivity contribution in [1.82, 2.24) is 15.1 Å². The van der Waals surface area contributed by atoms with Crippen LogP contribution in [0.15, 0.2) is 0 Å². The van der Waals surface area contributed by atoms with E-state index in [0.717, 1.165) is 25.9 Å². The Balaban J connectivity index is 1.68. The van der Waals surface area contributed by atoms with Crippen LogP contribution in [0, 0.1) is 0 Å². The summed E-state index contributed by atoms with van der Waals surface area (Å²) in [6.45, 7) is 9.87. The number of piperidine rings is 1. The molecule has 18 heavy (non-hydrogen) atoms. The van der Waals surface area contributed by atoms with Gasteiger partial charge in [-0.3, -0.25) is 4.79 Å². The molecule has 1 amide bonds. The summed E-state index contributed by atoms with van der Waals surface area (Å²) in [5.41, 5.74) is 0. The number of hydrogen-bond acceptors (Lipinski definition) is 3. The van der Waals surface area contributed by atoms with Gasteiger partial charge in [0.15, 0.2) is 0 Å². The third kappa shape index (κ3) is 3.69. The fourth-order valence-electron chi connectivity index (χ4n) is 3.10.